The molecule has 0 bridgehead atoms. The molecule has 2 rings (SSSR count). The number of rotatable bonds is 3. The van der Waals surface area contributed by atoms with Crippen LogP contribution in [0.4, 0.5) is 5.69 Å². The lowest BCUT2D eigenvalue weighted by atomic mass is 10.0. The topological polar surface area (TPSA) is 29.3 Å². The lowest BCUT2D eigenvalue weighted by Gasteiger charge is -2.16. The third-order valence-electron chi connectivity index (χ3n) is 3.08. The quantitative estimate of drug-likeness (QED) is 0.920. The van der Waals surface area contributed by atoms with Crippen molar-refractivity contribution in [1.29, 1.82) is 0 Å². The molecule has 1 aliphatic rings. The maximum absolute atomic E-state index is 5.81. The van der Waals surface area contributed by atoms with Crippen LogP contribution in [-0.2, 0) is 12.8 Å². The van der Waals surface area contributed by atoms with Crippen LogP contribution in [0, 0.1) is 0 Å². The van der Waals surface area contributed by atoms with Gasteiger partial charge in [0.2, 0.25) is 0 Å². The minimum absolute atomic E-state index is 0. The first-order chi connectivity index (χ1) is 7.20. The summed E-state index contributed by atoms with van der Waals surface area (Å²) in [5, 5.41) is 0. The van der Waals surface area contributed by atoms with Gasteiger partial charge in [0.1, 0.15) is 0 Å². The van der Waals surface area contributed by atoms with Crippen molar-refractivity contribution in [3.8, 4) is 0 Å². The molecule has 0 radical (unpaired) electrons. The van der Waals surface area contributed by atoms with Crippen molar-refractivity contribution in [2.24, 2.45) is 5.73 Å². The Kier molecular flexibility index (Phi) is 6.91. The summed E-state index contributed by atoms with van der Waals surface area (Å²) in [7, 11) is 0. The summed E-state index contributed by atoms with van der Waals surface area (Å²) in [6.45, 7) is 6.56. The van der Waals surface area contributed by atoms with Crippen LogP contribution in [0.3, 0.4) is 0 Å². The van der Waals surface area contributed by atoms with Gasteiger partial charge in [-0.3, -0.25) is 0 Å². The normalized spacial score (nSPS) is 14.6. The zero-order chi connectivity index (χ0) is 10.8. The second-order valence-corrected chi connectivity index (χ2v) is 4.47. The van der Waals surface area contributed by atoms with Gasteiger partial charge in [-0.25, -0.2) is 0 Å². The van der Waals surface area contributed by atoms with E-state index < -0.39 is 0 Å². The molecule has 0 saturated heterocycles. The fourth-order valence-electron chi connectivity index (χ4n) is 2.35. The Bertz CT molecular complexity index is 353. The molecule has 0 saturated carbocycles. The molecule has 1 heterocycles. The van der Waals surface area contributed by atoms with Crippen LogP contribution in [0.1, 0.15) is 25.0 Å². The van der Waals surface area contributed by atoms with Crippen LogP contribution in [0.5, 0.6) is 0 Å². The molecule has 0 aromatic heterocycles. The van der Waals surface area contributed by atoms with Crippen LogP contribution in [-0.4, -0.2) is 19.1 Å². The van der Waals surface area contributed by atoms with E-state index in [4.69, 9.17) is 5.73 Å². The fraction of sp³-hybridized carbons (Fsp3) is 0.538. The maximum Gasteiger partial charge on any atom is 0.0399 e. The van der Waals surface area contributed by atoms with E-state index in [0.29, 0.717) is 0 Å². The summed E-state index contributed by atoms with van der Waals surface area (Å²) in [4.78, 5) is 2.44. The summed E-state index contributed by atoms with van der Waals surface area (Å²) >= 11 is 0. The Morgan fingerprint density at radius 2 is 2.06 bits per heavy atom. The Morgan fingerprint density at radius 1 is 1.35 bits per heavy atom. The molecule has 98 valence electrons. The number of nitrogens with zero attached hydrogens (tertiary/aromatic N) is 1. The Balaban J connectivity index is 0.00000128. The number of fused-ring (bicyclic) bond motifs is 1. The monoisotopic (exact) mass is 276 g/mol. The fourth-order valence-corrected chi connectivity index (χ4v) is 2.35. The van der Waals surface area contributed by atoms with Crippen LogP contribution >= 0.6 is 24.8 Å². The molecule has 4 heteroatoms. The van der Waals surface area contributed by atoms with Crippen molar-refractivity contribution in [2.45, 2.75) is 32.7 Å². The van der Waals surface area contributed by atoms with Crippen molar-refractivity contribution in [3.63, 3.8) is 0 Å². The molecule has 1 unspecified atom stereocenters. The molecular formula is C13H22Cl2N2. The van der Waals surface area contributed by atoms with Crippen LogP contribution in [0.2, 0.25) is 0 Å². The van der Waals surface area contributed by atoms with Gasteiger partial charge in [0, 0.05) is 24.8 Å². The van der Waals surface area contributed by atoms with Gasteiger partial charge in [-0.15, -0.1) is 24.8 Å². The van der Waals surface area contributed by atoms with Crippen LogP contribution in [0.15, 0.2) is 18.2 Å². The number of halogens is 2. The Hall–Kier alpha value is -0.440. The van der Waals surface area contributed by atoms with Gasteiger partial charge in [-0.05, 0) is 43.9 Å². The molecule has 17 heavy (non-hydrogen) atoms. The highest BCUT2D eigenvalue weighted by atomic mass is 35.5. The first-order valence-corrected chi connectivity index (χ1v) is 5.83. The van der Waals surface area contributed by atoms with Gasteiger partial charge >= 0.3 is 0 Å². The number of benzene rings is 1. The largest absolute Gasteiger partial charge is 0.371 e. The van der Waals surface area contributed by atoms with Gasteiger partial charge in [-0.1, -0.05) is 12.1 Å². The third kappa shape index (κ3) is 3.77. The molecule has 2 nitrogen and oxygen atoms in total. The number of hydrogen-bond acceptors (Lipinski definition) is 2. The molecule has 2 N–H and O–H groups in total. The van der Waals surface area contributed by atoms with Gasteiger partial charge in [0.05, 0.1) is 0 Å². The van der Waals surface area contributed by atoms with Gasteiger partial charge < -0.3 is 10.6 Å². The van der Waals surface area contributed by atoms with E-state index >= 15 is 0 Å². The molecule has 0 amide bonds. The summed E-state index contributed by atoms with van der Waals surface area (Å²) in [6, 6.07) is 7.06. The minimum Gasteiger partial charge on any atom is -0.371 e. The summed E-state index contributed by atoms with van der Waals surface area (Å²) in [5.74, 6) is 0. The zero-order valence-corrected chi connectivity index (χ0v) is 12.1. The van der Waals surface area contributed by atoms with E-state index in [1.165, 1.54) is 29.8 Å². The van der Waals surface area contributed by atoms with Crippen LogP contribution in [0.25, 0.3) is 0 Å². The summed E-state index contributed by atoms with van der Waals surface area (Å²) in [5.41, 5.74) is 10.1. The first kappa shape index (κ1) is 16.6. The predicted octanol–water partition coefficient (Wildman–Crippen LogP) is 2.80. The lowest BCUT2D eigenvalue weighted by Crippen LogP contribution is -2.19. The molecule has 1 aromatic rings. The van der Waals surface area contributed by atoms with Crippen molar-refractivity contribution < 1.29 is 0 Å². The molecule has 0 fully saturated rings. The average Bonchev–Trinajstić information content (AvgIpc) is 2.58. The SMILES string of the molecule is CCN1CCc2cc(CC(C)N)ccc21.Cl.Cl. The molecule has 0 spiro atoms. The Morgan fingerprint density at radius 3 is 2.65 bits per heavy atom. The van der Waals surface area contributed by atoms with Crippen molar-refractivity contribution in [3.05, 3.63) is 29.3 Å². The highest BCUT2D eigenvalue weighted by molar-refractivity contribution is 5.85. The van der Waals surface area contributed by atoms with E-state index in [2.05, 4.69) is 36.9 Å². The highest BCUT2D eigenvalue weighted by Crippen LogP contribution is 2.28. The number of hydrogen-bond donors (Lipinski definition) is 1. The van der Waals surface area contributed by atoms with E-state index in [-0.39, 0.29) is 30.9 Å². The molecule has 0 aliphatic carbocycles. The average molecular weight is 277 g/mol. The van der Waals surface area contributed by atoms with E-state index in [0.717, 1.165) is 13.0 Å². The molecular weight excluding hydrogens is 255 g/mol. The van der Waals surface area contributed by atoms with Crippen LogP contribution < -0.4 is 10.6 Å². The van der Waals surface area contributed by atoms with Crippen molar-refractivity contribution in [1.82, 2.24) is 0 Å². The van der Waals surface area contributed by atoms with Crippen molar-refractivity contribution >= 4 is 30.5 Å². The predicted molar refractivity (Wildman–Crippen MR) is 79.9 cm³/mol. The second kappa shape index (κ2) is 7.10. The molecule has 1 aromatic carbocycles. The summed E-state index contributed by atoms with van der Waals surface area (Å²) in [6.07, 6.45) is 2.18. The first-order valence-electron chi connectivity index (χ1n) is 5.83. The maximum atomic E-state index is 5.81. The molecule has 1 aliphatic heterocycles. The second-order valence-electron chi connectivity index (χ2n) is 4.47. The Labute approximate surface area is 116 Å². The smallest absolute Gasteiger partial charge is 0.0399 e. The van der Waals surface area contributed by atoms with E-state index in [9.17, 15) is 0 Å². The minimum atomic E-state index is 0. The van der Waals surface area contributed by atoms with Gasteiger partial charge in [0.15, 0.2) is 0 Å². The van der Waals surface area contributed by atoms with Crippen molar-refractivity contribution in [2.75, 3.05) is 18.0 Å². The third-order valence-corrected chi connectivity index (χ3v) is 3.08. The van der Waals surface area contributed by atoms with E-state index in [1.54, 1.807) is 0 Å². The summed E-state index contributed by atoms with van der Waals surface area (Å²) < 4.78 is 0. The number of anilines is 1. The standard InChI is InChI=1S/C13H20N2.2ClH/c1-3-15-7-6-12-9-11(8-10(2)14)4-5-13(12)15;;/h4-5,9-10H,3,6-8,14H2,1-2H3;2*1H. The van der Waals surface area contributed by atoms with Gasteiger partial charge in [0.25, 0.3) is 0 Å². The van der Waals surface area contributed by atoms with Gasteiger partial charge in [-0.2, -0.15) is 0 Å². The van der Waals surface area contributed by atoms with E-state index in [1.807, 2.05) is 0 Å². The number of nitrogens with two attached hydrogens (primary N) is 1. The molecule has 1 atom stereocenters. The number of likely N-dealkylation sites (N-methyl/N-ethyl adjacent to an activating group) is 1. The lowest BCUT2D eigenvalue weighted by molar-refractivity contribution is 0.737. The zero-order valence-electron chi connectivity index (χ0n) is 10.5. The highest BCUT2D eigenvalue weighted by Gasteiger charge is 2.17.